The molecule has 0 aliphatic carbocycles. The van der Waals surface area contributed by atoms with Crippen LogP contribution >= 0.6 is 34.7 Å². The molecule has 0 radical (unpaired) electrons. The molecule has 1 saturated heterocycles. The van der Waals surface area contributed by atoms with E-state index in [1.165, 1.54) is 30.2 Å². The molecule has 0 unspecified atom stereocenters. The SMILES string of the molecule is COCCNC(=O)CSc1nnc(N2CCN(C(=O)c3cc(Cl)ccc3OC)CC2)s1. The maximum Gasteiger partial charge on any atom is 0.257 e. The highest BCUT2D eigenvalue weighted by atomic mass is 35.5. The lowest BCUT2D eigenvalue weighted by molar-refractivity contribution is -0.118. The number of carbonyl (C=O) groups is 2. The molecule has 1 N–H and O–H groups in total. The molecule has 3 rings (SSSR count). The van der Waals surface area contributed by atoms with Crippen LogP contribution in [0.25, 0.3) is 0 Å². The van der Waals surface area contributed by atoms with Crippen molar-refractivity contribution in [3.63, 3.8) is 0 Å². The second-order valence-electron chi connectivity index (χ2n) is 6.61. The number of nitrogens with zero attached hydrogens (tertiary/aromatic N) is 4. The van der Waals surface area contributed by atoms with E-state index in [-0.39, 0.29) is 17.6 Å². The van der Waals surface area contributed by atoms with Crippen molar-refractivity contribution in [2.45, 2.75) is 4.34 Å². The Bertz CT molecular complexity index is 905. The van der Waals surface area contributed by atoms with Gasteiger partial charge in [-0.3, -0.25) is 9.59 Å². The molecule has 1 fully saturated rings. The number of methoxy groups -OCH3 is 2. The van der Waals surface area contributed by atoms with Gasteiger partial charge in [-0.15, -0.1) is 10.2 Å². The molecule has 2 amide bonds. The topological polar surface area (TPSA) is 96.9 Å². The van der Waals surface area contributed by atoms with E-state index in [1.54, 1.807) is 30.2 Å². The minimum atomic E-state index is -0.105. The van der Waals surface area contributed by atoms with Gasteiger partial charge in [-0.05, 0) is 18.2 Å². The van der Waals surface area contributed by atoms with Gasteiger partial charge >= 0.3 is 0 Å². The van der Waals surface area contributed by atoms with Gasteiger partial charge in [-0.25, -0.2) is 0 Å². The number of carbonyl (C=O) groups excluding carboxylic acids is 2. The number of aromatic nitrogens is 2. The molecule has 9 nitrogen and oxygen atoms in total. The number of anilines is 1. The summed E-state index contributed by atoms with van der Waals surface area (Å²) in [4.78, 5) is 28.6. The van der Waals surface area contributed by atoms with Gasteiger partial charge in [0.25, 0.3) is 5.91 Å². The van der Waals surface area contributed by atoms with Crippen LogP contribution in [0.2, 0.25) is 5.02 Å². The summed E-state index contributed by atoms with van der Waals surface area (Å²) < 4.78 is 10.9. The predicted molar refractivity (Wildman–Crippen MR) is 122 cm³/mol. The Morgan fingerprint density at radius 2 is 2.00 bits per heavy atom. The highest BCUT2D eigenvalue weighted by molar-refractivity contribution is 8.01. The fraction of sp³-hybridized carbons (Fsp3) is 0.474. The van der Waals surface area contributed by atoms with E-state index in [2.05, 4.69) is 20.4 Å². The summed E-state index contributed by atoms with van der Waals surface area (Å²) in [5.41, 5.74) is 0.460. The summed E-state index contributed by atoms with van der Waals surface area (Å²) in [6.07, 6.45) is 0. The molecule has 1 aliphatic rings. The normalized spacial score (nSPS) is 13.9. The van der Waals surface area contributed by atoms with Crippen molar-refractivity contribution >= 4 is 51.6 Å². The lowest BCUT2D eigenvalue weighted by Gasteiger charge is -2.34. The third kappa shape index (κ3) is 6.45. The van der Waals surface area contributed by atoms with Crippen molar-refractivity contribution < 1.29 is 19.1 Å². The van der Waals surface area contributed by atoms with Gasteiger partial charge in [0.05, 0.1) is 25.0 Å². The Balaban J connectivity index is 1.51. The molecular formula is C19H24ClN5O4S2. The zero-order chi connectivity index (χ0) is 22.2. The number of rotatable bonds is 9. The minimum Gasteiger partial charge on any atom is -0.496 e. The van der Waals surface area contributed by atoms with Gasteiger partial charge in [0, 0.05) is 44.9 Å². The lowest BCUT2D eigenvalue weighted by Crippen LogP contribution is -2.48. The Morgan fingerprint density at radius 1 is 1.23 bits per heavy atom. The van der Waals surface area contributed by atoms with E-state index in [1.807, 2.05) is 0 Å². The molecule has 0 saturated carbocycles. The van der Waals surface area contributed by atoms with E-state index >= 15 is 0 Å². The second-order valence-corrected chi connectivity index (χ2v) is 9.22. The van der Waals surface area contributed by atoms with E-state index in [0.717, 1.165) is 9.47 Å². The highest BCUT2D eigenvalue weighted by Gasteiger charge is 2.26. The van der Waals surface area contributed by atoms with E-state index in [9.17, 15) is 9.59 Å². The summed E-state index contributed by atoms with van der Waals surface area (Å²) in [6, 6.07) is 5.03. The first-order valence-corrected chi connectivity index (χ1v) is 11.8. The number of thioether (sulfide) groups is 1. The number of hydrogen-bond donors (Lipinski definition) is 1. The van der Waals surface area contributed by atoms with Crippen LogP contribution in [0.5, 0.6) is 5.75 Å². The van der Waals surface area contributed by atoms with Crippen LogP contribution < -0.4 is 15.0 Å². The minimum absolute atomic E-state index is 0.0672. The number of halogens is 1. The summed E-state index contributed by atoms with van der Waals surface area (Å²) in [7, 11) is 3.12. The fourth-order valence-electron chi connectivity index (χ4n) is 2.98. The maximum absolute atomic E-state index is 12.9. The Hall–Kier alpha value is -2.08. The Labute approximate surface area is 194 Å². The fourth-order valence-corrected chi connectivity index (χ4v) is 4.87. The second kappa shape index (κ2) is 11.5. The molecule has 31 heavy (non-hydrogen) atoms. The van der Waals surface area contributed by atoms with E-state index in [0.29, 0.717) is 55.7 Å². The monoisotopic (exact) mass is 485 g/mol. The molecule has 168 valence electrons. The van der Waals surface area contributed by atoms with Gasteiger partial charge in [-0.2, -0.15) is 0 Å². The van der Waals surface area contributed by atoms with Crippen LogP contribution in [0.3, 0.4) is 0 Å². The molecule has 0 spiro atoms. The predicted octanol–water partition coefficient (Wildman–Crippen LogP) is 2.02. The van der Waals surface area contributed by atoms with Crippen LogP contribution in [0.15, 0.2) is 22.5 Å². The van der Waals surface area contributed by atoms with Gasteiger partial charge in [-0.1, -0.05) is 34.7 Å². The largest absolute Gasteiger partial charge is 0.496 e. The van der Waals surface area contributed by atoms with Gasteiger partial charge < -0.3 is 24.6 Å². The van der Waals surface area contributed by atoms with Crippen molar-refractivity contribution in [2.75, 3.05) is 64.2 Å². The lowest BCUT2D eigenvalue weighted by atomic mass is 10.1. The molecule has 0 atom stereocenters. The van der Waals surface area contributed by atoms with Gasteiger partial charge in [0.15, 0.2) is 4.34 Å². The van der Waals surface area contributed by atoms with E-state index < -0.39 is 0 Å². The number of ether oxygens (including phenoxy) is 2. The summed E-state index contributed by atoms with van der Waals surface area (Å²) in [6.45, 7) is 3.37. The van der Waals surface area contributed by atoms with Crippen molar-refractivity contribution in [1.29, 1.82) is 0 Å². The Morgan fingerprint density at radius 3 is 2.71 bits per heavy atom. The average Bonchev–Trinajstić information content (AvgIpc) is 3.26. The summed E-state index contributed by atoms with van der Waals surface area (Å²) in [5.74, 6) is 0.616. The van der Waals surface area contributed by atoms with Gasteiger partial charge in [0.2, 0.25) is 11.0 Å². The van der Waals surface area contributed by atoms with Crippen molar-refractivity contribution in [2.24, 2.45) is 0 Å². The summed E-state index contributed by atoms with van der Waals surface area (Å²) >= 11 is 8.86. The molecule has 2 aromatic rings. The van der Waals surface area contributed by atoms with Crippen molar-refractivity contribution in [3.05, 3.63) is 28.8 Å². The third-order valence-corrected chi connectivity index (χ3v) is 6.93. The molecule has 1 aliphatic heterocycles. The first kappa shape index (κ1) is 23.6. The average molecular weight is 486 g/mol. The zero-order valence-electron chi connectivity index (χ0n) is 17.3. The third-order valence-electron chi connectivity index (χ3n) is 4.58. The first-order valence-electron chi connectivity index (χ1n) is 9.61. The summed E-state index contributed by atoms with van der Waals surface area (Å²) in [5, 5.41) is 12.5. The van der Waals surface area contributed by atoms with Crippen LogP contribution in [-0.2, 0) is 9.53 Å². The zero-order valence-corrected chi connectivity index (χ0v) is 19.7. The Kier molecular flexibility index (Phi) is 8.76. The van der Waals surface area contributed by atoms with Gasteiger partial charge in [0.1, 0.15) is 5.75 Å². The number of amides is 2. The molecule has 1 aromatic carbocycles. The number of piperazine rings is 1. The van der Waals surface area contributed by atoms with Crippen molar-refractivity contribution in [1.82, 2.24) is 20.4 Å². The van der Waals surface area contributed by atoms with Crippen LogP contribution in [0, 0.1) is 0 Å². The van der Waals surface area contributed by atoms with Crippen molar-refractivity contribution in [3.8, 4) is 5.75 Å². The molecule has 2 heterocycles. The van der Waals surface area contributed by atoms with E-state index in [4.69, 9.17) is 21.1 Å². The smallest absolute Gasteiger partial charge is 0.257 e. The standard InChI is InChI=1S/C19H24ClN5O4S2/c1-28-10-5-21-16(26)12-30-19-23-22-18(31-19)25-8-6-24(7-9-25)17(27)14-11-13(20)3-4-15(14)29-2/h3-4,11H,5-10,12H2,1-2H3,(H,21,26). The maximum atomic E-state index is 12.9. The number of nitrogens with one attached hydrogen (secondary N) is 1. The molecule has 12 heteroatoms. The molecule has 1 aromatic heterocycles. The van der Waals surface area contributed by atoms with Crippen LogP contribution in [0.4, 0.5) is 5.13 Å². The van der Waals surface area contributed by atoms with Crippen LogP contribution in [0.1, 0.15) is 10.4 Å². The number of benzene rings is 1. The van der Waals surface area contributed by atoms with Crippen LogP contribution in [-0.4, -0.2) is 86.2 Å². The first-order chi connectivity index (χ1) is 15.0. The molecule has 0 bridgehead atoms. The highest BCUT2D eigenvalue weighted by Crippen LogP contribution is 2.29. The number of hydrogen-bond acceptors (Lipinski definition) is 9. The molecular weight excluding hydrogens is 462 g/mol. The quantitative estimate of drug-likeness (QED) is 0.425.